The summed E-state index contributed by atoms with van der Waals surface area (Å²) in [6.45, 7) is 5.14. The van der Waals surface area contributed by atoms with Gasteiger partial charge >= 0.3 is 13.3 Å². The highest BCUT2D eigenvalue weighted by Crippen LogP contribution is 2.40. The van der Waals surface area contributed by atoms with Gasteiger partial charge in [-0.3, -0.25) is 0 Å². The fourth-order valence-corrected chi connectivity index (χ4v) is 2.53. The average molecular weight is 392 g/mol. The van der Waals surface area contributed by atoms with Gasteiger partial charge in [-0.1, -0.05) is 12.1 Å². The van der Waals surface area contributed by atoms with Crippen LogP contribution in [0.4, 0.5) is 22.0 Å². The second-order valence-corrected chi connectivity index (χ2v) is 7.34. The first-order chi connectivity index (χ1) is 12.3. The Hall–Kier alpha value is -1.45. The lowest BCUT2D eigenvalue weighted by atomic mass is 9.82. The highest BCUT2D eigenvalue weighted by Gasteiger charge is 2.53. The van der Waals surface area contributed by atoms with E-state index >= 15 is 4.39 Å². The SMILES string of the molecule is CC1(C)OB(C(F)=C(CCOCC(F)(F)F)c2cccc(F)c2)OC1(C)C. The van der Waals surface area contributed by atoms with Crippen LogP contribution in [0.5, 0.6) is 0 Å². The largest absolute Gasteiger partial charge is 0.525 e. The highest BCUT2D eigenvalue weighted by molar-refractivity contribution is 6.55. The summed E-state index contributed by atoms with van der Waals surface area (Å²) in [5.74, 6) is -0.595. The molecule has 1 aromatic carbocycles. The van der Waals surface area contributed by atoms with Crippen molar-refractivity contribution in [3.63, 3.8) is 0 Å². The summed E-state index contributed by atoms with van der Waals surface area (Å²) in [7, 11) is -1.34. The molecule has 0 atom stereocenters. The van der Waals surface area contributed by atoms with E-state index in [1.165, 1.54) is 18.2 Å². The van der Waals surface area contributed by atoms with E-state index in [9.17, 15) is 17.6 Å². The summed E-state index contributed by atoms with van der Waals surface area (Å²) in [6, 6.07) is 5.14. The molecule has 1 aliphatic heterocycles. The Morgan fingerprint density at radius 1 is 1.11 bits per heavy atom. The lowest BCUT2D eigenvalue weighted by Crippen LogP contribution is -2.41. The Labute approximate surface area is 155 Å². The molecule has 0 radical (unpaired) electrons. The third-order valence-electron chi connectivity index (χ3n) is 4.68. The molecule has 0 spiro atoms. The minimum absolute atomic E-state index is 0.0184. The zero-order valence-electron chi connectivity index (χ0n) is 15.6. The lowest BCUT2D eigenvalue weighted by Gasteiger charge is -2.32. The average Bonchev–Trinajstić information content (AvgIpc) is 2.74. The molecular formula is C18H22BF5O3. The second kappa shape index (κ2) is 7.89. The summed E-state index contributed by atoms with van der Waals surface area (Å²) in [5, 5.41) is 0. The van der Waals surface area contributed by atoms with Crippen molar-refractivity contribution in [2.75, 3.05) is 13.2 Å². The van der Waals surface area contributed by atoms with E-state index in [2.05, 4.69) is 4.74 Å². The van der Waals surface area contributed by atoms with Crippen LogP contribution in [0.2, 0.25) is 0 Å². The van der Waals surface area contributed by atoms with E-state index in [1.807, 2.05) is 0 Å². The van der Waals surface area contributed by atoms with E-state index in [0.717, 1.165) is 6.07 Å². The van der Waals surface area contributed by atoms with Crippen LogP contribution >= 0.6 is 0 Å². The number of halogens is 5. The Morgan fingerprint density at radius 2 is 1.70 bits per heavy atom. The molecule has 2 rings (SSSR count). The van der Waals surface area contributed by atoms with Crippen LogP contribution in [0.1, 0.15) is 39.7 Å². The quantitative estimate of drug-likeness (QED) is 0.383. The van der Waals surface area contributed by atoms with Gasteiger partial charge < -0.3 is 14.0 Å². The fourth-order valence-electron chi connectivity index (χ4n) is 2.53. The molecule has 0 unspecified atom stereocenters. The number of rotatable bonds is 6. The molecule has 1 aromatic rings. The Bertz CT molecular complexity index is 684. The molecule has 0 N–H and O–H groups in total. The first-order valence-electron chi connectivity index (χ1n) is 8.47. The van der Waals surface area contributed by atoms with E-state index in [4.69, 9.17) is 9.31 Å². The van der Waals surface area contributed by atoms with Crippen molar-refractivity contribution >= 4 is 12.7 Å². The fraction of sp³-hybridized carbons (Fsp3) is 0.556. The molecule has 0 aromatic heterocycles. The first-order valence-corrected chi connectivity index (χ1v) is 8.47. The van der Waals surface area contributed by atoms with E-state index in [0.29, 0.717) is 0 Å². The molecule has 1 aliphatic rings. The van der Waals surface area contributed by atoms with Crippen molar-refractivity contribution in [2.45, 2.75) is 51.5 Å². The summed E-state index contributed by atoms with van der Waals surface area (Å²) in [4.78, 5) is 0. The molecule has 27 heavy (non-hydrogen) atoms. The third-order valence-corrected chi connectivity index (χ3v) is 4.68. The van der Waals surface area contributed by atoms with Gasteiger partial charge in [-0.25, -0.2) is 8.78 Å². The lowest BCUT2D eigenvalue weighted by molar-refractivity contribution is -0.173. The van der Waals surface area contributed by atoms with E-state index in [-0.39, 0.29) is 17.6 Å². The first kappa shape index (κ1) is 21.9. The Balaban J connectivity index is 2.27. The molecule has 0 aliphatic carbocycles. The number of alkyl halides is 3. The molecule has 1 fully saturated rings. The summed E-state index contributed by atoms with van der Waals surface area (Å²) < 4.78 is 81.3. The van der Waals surface area contributed by atoms with Crippen molar-refractivity contribution in [1.82, 2.24) is 0 Å². The molecule has 150 valence electrons. The van der Waals surface area contributed by atoms with Gasteiger partial charge in [-0.2, -0.15) is 13.2 Å². The molecule has 9 heteroatoms. The van der Waals surface area contributed by atoms with E-state index < -0.39 is 49.3 Å². The summed E-state index contributed by atoms with van der Waals surface area (Å²) in [6.07, 6.45) is -4.68. The molecule has 0 amide bonds. The van der Waals surface area contributed by atoms with Crippen LogP contribution in [-0.4, -0.2) is 37.7 Å². The van der Waals surface area contributed by atoms with Crippen molar-refractivity contribution in [1.29, 1.82) is 0 Å². The van der Waals surface area contributed by atoms with Gasteiger partial charge in [0.2, 0.25) is 0 Å². The smallest absolute Gasteiger partial charge is 0.398 e. The number of ether oxygens (including phenoxy) is 1. The Morgan fingerprint density at radius 3 is 2.22 bits per heavy atom. The molecule has 0 bridgehead atoms. The van der Waals surface area contributed by atoms with Crippen LogP contribution in [0.25, 0.3) is 5.57 Å². The normalized spacial score (nSPS) is 20.0. The Kier molecular flexibility index (Phi) is 6.38. The van der Waals surface area contributed by atoms with Crippen LogP contribution in [0.15, 0.2) is 30.0 Å². The van der Waals surface area contributed by atoms with Crippen LogP contribution in [0, 0.1) is 5.82 Å². The summed E-state index contributed by atoms with van der Waals surface area (Å²) in [5.41, 5.74) is -2.23. The molecule has 0 saturated carbocycles. The predicted molar refractivity (Wildman–Crippen MR) is 92.0 cm³/mol. The monoisotopic (exact) mass is 392 g/mol. The second-order valence-electron chi connectivity index (χ2n) is 7.34. The van der Waals surface area contributed by atoms with Gasteiger partial charge in [0.15, 0.2) is 0 Å². The van der Waals surface area contributed by atoms with Gasteiger partial charge in [0.05, 0.1) is 17.8 Å². The zero-order valence-corrected chi connectivity index (χ0v) is 15.6. The van der Waals surface area contributed by atoms with Crippen molar-refractivity contribution in [2.24, 2.45) is 0 Å². The predicted octanol–water partition coefficient (Wildman–Crippen LogP) is 5.11. The minimum atomic E-state index is -4.48. The zero-order chi connectivity index (χ0) is 20.5. The third kappa shape index (κ3) is 5.52. The molecule has 1 heterocycles. The maximum absolute atomic E-state index is 15.2. The summed E-state index contributed by atoms with van der Waals surface area (Å²) >= 11 is 0. The van der Waals surface area contributed by atoms with Gasteiger partial charge in [0.1, 0.15) is 18.2 Å². The van der Waals surface area contributed by atoms with E-state index in [1.54, 1.807) is 27.7 Å². The molecule has 3 nitrogen and oxygen atoms in total. The number of hydrogen-bond acceptors (Lipinski definition) is 3. The maximum Gasteiger partial charge on any atom is 0.525 e. The number of hydrogen-bond donors (Lipinski definition) is 0. The number of benzene rings is 1. The van der Waals surface area contributed by atoms with Crippen molar-refractivity contribution in [3.05, 3.63) is 41.4 Å². The molecular weight excluding hydrogens is 370 g/mol. The van der Waals surface area contributed by atoms with Gasteiger partial charge in [0, 0.05) is 0 Å². The van der Waals surface area contributed by atoms with Crippen LogP contribution in [-0.2, 0) is 14.0 Å². The van der Waals surface area contributed by atoms with Crippen molar-refractivity contribution < 1.29 is 36.0 Å². The molecule has 1 saturated heterocycles. The standard InChI is InChI=1S/C18H22BF5O3/c1-16(2)17(3,4)27-19(26-16)15(21)14(8-9-25-11-18(22,23)24)12-6-5-7-13(20)10-12/h5-7,10H,8-9,11H2,1-4H3. The maximum atomic E-state index is 15.2. The van der Waals surface area contributed by atoms with Crippen LogP contribution in [0.3, 0.4) is 0 Å². The van der Waals surface area contributed by atoms with Gasteiger partial charge in [-0.05, 0) is 57.4 Å². The topological polar surface area (TPSA) is 27.7 Å². The van der Waals surface area contributed by atoms with Crippen molar-refractivity contribution in [3.8, 4) is 0 Å². The highest BCUT2D eigenvalue weighted by atomic mass is 19.4. The van der Waals surface area contributed by atoms with Crippen LogP contribution < -0.4 is 0 Å². The van der Waals surface area contributed by atoms with Gasteiger partial charge in [0.25, 0.3) is 0 Å². The minimum Gasteiger partial charge on any atom is -0.398 e. The van der Waals surface area contributed by atoms with Gasteiger partial charge in [-0.15, -0.1) is 0 Å².